The molecule has 0 unspecified atom stereocenters. The van der Waals surface area contributed by atoms with Gasteiger partial charge in [0, 0.05) is 6.42 Å². The summed E-state index contributed by atoms with van der Waals surface area (Å²) in [6.45, 7) is 3.97. The predicted molar refractivity (Wildman–Crippen MR) is 52.2 cm³/mol. The van der Waals surface area contributed by atoms with Gasteiger partial charge in [0.05, 0.1) is 7.11 Å². The second-order valence-corrected chi connectivity index (χ2v) is 3.07. The predicted octanol–water partition coefficient (Wildman–Crippen LogP) is 2.05. The molecule has 0 fully saturated rings. The molecule has 0 bridgehead atoms. The first kappa shape index (κ1) is 9.78. The highest BCUT2D eigenvalue weighted by Gasteiger charge is 2.06. The van der Waals surface area contributed by atoms with Crippen LogP contribution < -0.4 is 4.74 Å². The Bertz CT molecular complexity index is 316. The number of aryl methyl sites for hydroxylation is 1. The van der Waals surface area contributed by atoms with Gasteiger partial charge >= 0.3 is 0 Å². The standard InChI is InChI=1S/C11H14O2/c1-8-4-5-10(6-7-12)9(2)11(8)13-3/h4-5,7H,6H2,1-3H3. The van der Waals surface area contributed by atoms with Crippen molar-refractivity contribution in [3.8, 4) is 5.75 Å². The van der Waals surface area contributed by atoms with Crippen LogP contribution >= 0.6 is 0 Å². The summed E-state index contributed by atoms with van der Waals surface area (Å²) in [4.78, 5) is 10.4. The Morgan fingerprint density at radius 2 is 2.08 bits per heavy atom. The van der Waals surface area contributed by atoms with E-state index in [4.69, 9.17) is 4.74 Å². The zero-order valence-corrected chi connectivity index (χ0v) is 8.26. The fourth-order valence-electron chi connectivity index (χ4n) is 1.49. The molecule has 0 amide bonds. The smallest absolute Gasteiger partial charge is 0.124 e. The molecule has 1 aromatic rings. The van der Waals surface area contributed by atoms with Gasteiger partial charge in [-0.05, 0) is 30.5 Å². The maximum atomic E-state index is 10.4. The number of benzene rings is 1. The summed E-state index contributed by atoms with van der Waals surface area (Å²) >= 11 is 0. The number of ether oxygens (including phenoxy) is 1. The van der Waals surface area contributed by atoms with E-state index in [0.717, 1.165) is 28.7 Å². The Balaban J connectivity index is 3.18. The summed E-state index contributed by atoms with van der Waals surface area (Å²) in [5, 5.41) is 0. The van der Waals surface area contributed by atoms with E-state index in [2.05, 4.69) is 0 Å². The number of aldehydes is 1. The highest BCUT2D eigenvalue weighted by molar-refractivity contribution is 5.58. The average molecular weight is 178 g/mol. The molecule has 70 valence electrons. The second kappa shape index (κ2) is 4.08. The van der Waals surface area contributed by atoms with E-state index in [-0.39, 0.29) is 0 Å². The summed E-state index contributed by atoms with van der Waals surface area (Å²) in [5.74, 6) is 0.888. The minimum atomic E-state index is 0.461. The van der Waals surface area contributed by atoms with Crippen molar-refractivity contribution in [2.75, 3.05) is 7.11 Å². The summed E-state index contributed by atoms with van der Waals surface area (Å²) in [7, 11) is 1.65. The molecule has 0 heterocycles. The SMILES string of the molecule is COc1c(C)ccc(CC=O)c1C. The van der Waals surface area contributed by atoms with Crippen LogP contribution in [0.15, 0.2) is 12.1 Å². The molecule has 2 nitrogen and oxygen atoms in total. The maximum Gasteiger partial charge on any atom is 0.124 e. The molecule has 0 aromatic heterocycles. The maximum absolute atomic E-state index is 10.4. The molecule has 0 saturated carbocycles. The van der Waals surface area contributed by atoms with Gasteiger partial charge in [-0.15, -0.1) is 0 Å². The number of methoxy groups -OCH3 is 1. The third-order valence-electron chi connectivity index (χ3n) is 2.22. The van der Waals surface area contributed by atoms with Crippen LogP contribution in [0.3, 0.4) is 0 Å². The summed E-state index contributed by atoms with van der Waals surface area (Å²) < 4.78 is 5.25. The fraction of sp³-hybridized carbons (Fsp3) is 0.364. The molecule has 13 heavy (non-hydrogen) atoms. The van der Waals surface area contributed by atoms with Crippen LogP contribution in [0.25, 0.3) is 0 Å². The molecule has 0 N–H and O–H groups in total. The zero-order valence-electron chi connectivity index (χ0n) is 8.26. The van der Waals surface area contributed by atoms with Crippen LogP contribution in [0.5, 0.6) is 5.75 Å². The normalized spacial score (nSPS) is 9.77. The van der Waals surface area contributed by atoms with E-state index in [1.54, 1.807) is 7.11 Å². The molecule has 0 spiro atoms. The van der Waals surface area contributed by atoms with E-state index < -0.39 is 0 Å². The first-order chi connectivity index (χ1) is 6.20. The molecule has 0 radical (unpaired) electrons. The fourth-order valence-corrected chi connectivity index (χ4v) is 1.49. The van der Waals surface area contributed by atoms with Crippen LogP contribution in [0.1, 0.15) is 16.7 Å². The van der Waals surface area contributed by atoms with Crippen molar-refractivity contribution >= 4 is 6.29 Å². The van der Waals surface area contributed by atoms with E-state index >= 15 is 0 Å². The topological polar surface area (TPSA) is 26.3 Å². The first-order valence-electron chi connectivity index (χ1n) is 4.27. The molecule has 2 heteroatoms. The monoisotopic (exact) mass is 178 g/mol. The quantitative estimate of drug-likeness (QED) is 0.662. The third-order valence-corrected chi connectivity index (χ3v) is 2.22. The lowest BCUT2D eigenvalue weighted by Crippen LogP contribution is -1.96. The number of carbonyl (C=O) groups excluding carboxylic acids is 1. The van der Waals surface area contributed by atoms with Crippen molar-refractivity contribution in [1.29, 1.82) is 0 Å². The van der Waals surface area contributed by atoms with Gasteiger partial charge in [-0.2, -0.15) is 0 Å². The minimum Gasteiger partial charge on any atom is -0.496 e. The van der Waals surface area contributed by atoms with Crippen LogP contribution in [0, 0.1) is 13.8 Å². The molecule has 1 rings (SSSR count). The van der Waals surface area contributed by atoms with Crippen molar-refractivity contribution in [1.82, 2.24) is 0 Å². The third kappa shape index (κ3) is 1.89. The molecule has 1 aromatic carbocycles. The number of carbonyl (C=O) groups is 1. The van der Waals surface area contributed by atoms with Crippen molar-refractivity contribution in [3.63, 3.8) is 0 Å². The van der Waals surface area contributed by atoms with Gasteiger partial charge in [0.1, 0.15) is 12.0 Å². The van der Waals surface area contributed by atoms with Crippen molar-refractivity contribution in [2.24, 2.45) is 0 Å². The number of rotatable bonds is 3. The van der Waals surface area contributed by atoms with Crippen molar-refractivity contribution in [3.05, 3.63) is 28.8 Å². The Morgan fingerprint density at radius 3 is 2.62 bits per heavy atom. The van der Waals surface area contributed by atoms with Gasteiger partial charge in [0.25, 0.3) is 0 Å². The van der Waals surface area contributed by atoms with E-state index in [1.807, 2.05) is 26.0 Å². The zero-order chi connectivity index (χ0) is 9.84. The Labute approximate surface area is 78.5 Å². The van der Waals surface area contributed by atoms with Gasteiger partial charge in [-0.1, -0.05) is 12.1 Å². The Hall–Kier alpha value is -1.31. The molecular formula is C11H14O2. The number of hydrogen-bond donors (Lipinski definition) is 0. The molecule has 0 aliphatic heterocycles. The Kier molecular flexibility index (Phi) is 3.07. The van der Waals surface area contributed by atoms with Crippen LogP contribution in [-0.4, -0.2) is 13.4 Å². The highest BCUT2D eigenvalue weighted by atomic mass is 16.5. The van der Waals surface area contributed by atoms with Gasteiger partial charge in [0.15, 0.2) is 0 Å². The molecule has 0 aliphatic rings. The molecule has 0 atom stereocenters. The lowest BCUT2D eigenvalue weighted by atomic mass is 10.0. The van der Waals surface area contributed by atoms with E-state index in [9.17, 15) is 4.79 Å². The van der Waals surface area contributed by atoms with Crippen LogP contribution in [-0.2, 0) is 11.2 Å². The van der Waals surface area contributed by atoms with Crippen molar-refractivity contribution in [2.45, 2.75) is 20.3 Å². The van der Waals surface area contributed by atoms with Gasteiger partial charge < -0.3 is 9.53 Å². The van der Waals surface area contributed by atoms with E-state index in [0.29, 0.717) is 6.42 Å². The largest absolute Gasteiger partial charge is 0.496 e. The van der Waals surface area contributed by atoms with Crippen LogP contribution in [0.4, 0.5) is 0 Å². The van der Waals surface area contributed by atoms with Gasteiger partial charge in [-0.3, -0.25) is 0 Å². The van der Waals surface area contributed by atoms with Crippen LogP contribution in [0.2, 0.25) is 0 Å². The summed E-state index contributed by atoms with van der Waals surface area (Å²) in [5.41, 5.74) is 3.21. The van der Waals surface area contributed by atoms with E-state index in [1.165, 1.54) is 0 Å². The first-order valence-corrected chi connectivity index (χ1v) is 4.27. The van der Waals surface area contributed by atoms with Gasteiger partial charge in [0.2, 0.25) is 0 Å². The lowest BCUT2D eigenvalue weighted by Gasteiger charge is -2.11. The summed E-state index contributed by atoms with van der Waals surface area (Å²) in [6, 6.07) is 3.95. The summed E-state index contributed by atoms with van der Waals surface area (Å²) in [6.07, 6.45) is 1.37. The minimum absolute atomic E-state index is 0.461. The molecule has 0 saturated heterocycles. The average Bonchev–Trinajstić information content (AvgIpc) is 2.11. The highest BCUT2D eigenvalue weighted by Crippen LogP contribution is 2.25. The lowest BCUT2D eigenvalue weighted by molar-refractivity contribution is -0.107. The molecular weight excluding hydrogens is 164 g/mol. The Morgan fingerprint density at radius 1 is 1.38 bits per heavy atom. The van der Waals surface area contributed by atoms with Gasteiger partial charge in [-0.25, -0.2) is 0 Å². The molecule has 0 aliphatic carbocycles. The number of hydrogen-bond acceptors (Lipinski definition) is 2. The van der Waals surface area contributed by atoms with Crippen molar-refractivity contribution < 1.29 is 9.53 Å². The second-order valence-electron chi connectivity index (χ2n) is 3.07.